The number of hydrogen-bond donors (Lipinski definition) is 1. The van der Waals surface area contributed by atoms with E-state index < -0.39 is 17.7 Å². The van der Waals surface area contributed by atoms with Crippen LogP contribution in [0.5, 0.6) is 5.75 Å². The Morgan fingerprint density at radius 2 is 1.69 bits per heavy atom. The first-order valence-electron chi connectivity index (χ1n) is 9.96. The van der Waals surface area contributed by atoms with Crippen molar-refractivity contribution in [1.82, 2.24) is 0 Å². The van der Waals surface area contributed by atoms with Crippen molar-refractivity contribution in [2.75, 3.05) is 11.5 Å². The van der Waals surface area contributed by atoms with Crippen LogP contribution < -0.4 is 9.64 Å². The van der Waals surface area contributed by atoms with E-state index in [1.807, 2.05) is 6.92 Å². The second-order valence-corrected chi connectivity index (χ2v) is 7.97. The lowest BCUT2D eigenvalue weighted by molar-refractivity contribution is -0.132. The molecule has 4 rings (SSSR count). The first-order chi connectivity index (χ1) is 15.4. The molecule has 0 radical (unpaired) electrons. The minimum Gasteiger partial charge on any atom is -0.507 e. The van der Waals surface area contributed by atoms with Crippen LogP contribution in [-0.4, -0.2) is 23.4 Å². The first-order valence-corrected chi connectivity index (χ1v) is 10.7. The lowest BCUT2D eigenvalue weighted by Crippen LogP contribution is -2.29. The molecule has 1 saturated heterocycles. The Hall–Kier alpha value is -3.28. The summed E-state index contributed by atoms with van der Waals surface area (Å²) in [5.74, 6) is -1.19. The third-order valence-electron chi connectivity index (χ3n) is 5.17. The molecule has 7 heteroatoms. The molecule has 1 aliphatic heterocycles. The molecule has 0 spiro atoms. The van der Waals surface area contributed by atoms with E-state index in [4.69, 9.17) is 27.9 Å². The van der Waals surface area contributed by atoms with Gasteiger partial charge in [-0.25, -0.2) is 0 Å². The minimum atomic E-state index is -0.932. The van der Waals surface area contributed by atoms with Crippen molar-refractivity contribution >= 4 is 46.3 Å². The molecule has 5 nitrogen and oxygen atoms in total. The third-order valence-corrected chi connectivity index (χ3v) is 5.74. The van der Waals surface area contributed by atoms with Gasteiger partial charge in [0.05, 0.1) is 18.2 Å². The maximum atomic E-state index is 13.2. The zero-order valence-electron chi connectivity index (χ0n) is 17.1. The molecule has 162 valence electrons. The van der Waals surface area contributed by atoms with Crippen molar-refractivity contribution in [1.29, 1.82) is 0 Å². The van der Waals surface area contributed by atoms with Gasteiger partial charge in [0.1, 0.15) is 11.5 Å². The summed E-state index contributed by atoms with van der Waals surface area (Å²) in [6, 6.07) is 19.3. The molecular formula is C25H19Cl2NO4. The molecule has 1 N–H and O–H groups in total. The van der Waals surface area contributed by atoms with Crippen LogP contribution in [0.3, 0.4) is 0 Å². The van der Waals surface area contributed by atoms with Gasteiger partial charge >= 0.3 is 0 Å². The molecule has 3 aromatic rings. The van der Waals surface area contributed by atoms with E-state index in [0.29, 0.717) is 34.2 Å². The Morgan fingerprint density at radius 3 is 2.31 bits per heavy atom. The van der Waals surface area contributed by atoms with Crippen LogP contribution in [0, 0.1) is 0 Å². The number of carbonyl (C=O) groups is 2. The number of benzene rings is 3. The summed E-state index contributed by atoms with van der Waals surface area (Å²) in [5, 5.41) is 11.7. The minimum absolute atomic E-state index is 0.0423. The van der Waals surface area contributed by atoms with E-state index in [1.54, 1.807) is 72.8 Å². The van der Waals surface area contributed by atoms with Gasteiger partial charge in [0, 0.05) is 21.3 Å². The number of anilines is 1. The molecule has 0 bridgehead atoms. The number of carbonyl (C=O) groups excluding carboxylic acids is 2. The molecule has 32 heavy (non-hydrogen) atoms. The second kappa shape index (κ2) is 9.07. The average molecular weight is 468 g/mol. The summed E-state index contributed by atoms with van der Waals surface area (Å²) >= 11 is 12.6. The number of ether oxygens (including phenoxy) is 1. The molecule has 1 aliphatic rings. The molecule has 1 fully saturated rings. The van der Waals surface area contributed by atoms with Crippen molar-refractivity contribution in [2.45, 2.75) is 13.0 Å². The zero-order chi connectivity index (χ0) is 22.8. The maximum absolute atomic E-state index is 13.2. The molecule has 0 saturated carbocycles. The van der Waals surface area contributed by atoms with Crippen molar-refractivity contribution in [3.05, 3.63) is 99.5 Å². The third kappa shape index (κ3) is 3.97. The van der Waals surface area contributed by atoms with E-state index in [0.717, 1.165) is 0 Å². The first kappa shape index (κ1) is 21.9. The van der Waals surface area contributed by atoms with Gasteiger partial charge in [-0.3, -0.25) is 14.5 Å². The van der Waals surface area contributed by atoms with E-state index in [1.165, 1.54) is 4.90 Å². The maximum Gasteiger partial charge on any atom is 0.300 e. The highest BCUT2D eigenvalue weighted by Crippen LogP contribution is 2.44. The Labute approximate surface area is 195 Å². The molecule has 3 aromatic carbocycles. The number of Topliss-reactive ketones (excluding diaryl/α,β-unsaturated/α-hetero) is 1. The van der Waals surface area contributed by atoms with Crippen molar-refractivity contribution in [3.8, 4) is 5.75 Å². The summed E-state index contributed by atoms with van der Waals surface area (Å²) in [6.07, 6.45) is 0. The van der Waals surface area contributed by atoms with Gasteiger partial charge in [0.25, 0.3) is 11.7 Å². The van der Waals surface area contributed by atoms with Gasteiger partial charge in [0.2, 0.25) is 0 Å². The van der Waals surface area contributed by atoms with Crippen molar-refractivity contribution < 1.29 is 19.4 Å². The predicted molar refractivity (Wildman–Crippen MR) is 125 cm³/mol. The molecule has 0 aromatic heterocycles. The quantitative estimate of drug-likeness (QED) is 0.283. The van der Waals surface area contributed by atoms with Gasteiger partial charge in [-0.2, -0.15) is 0 Å². The number of halogens is 2. The number of aliphatic hydroxyl groups excluding tert-OH is 1. The lowest BCUT2D eigenvalue weighted by atomic mass is 9.95. The highest BCUT2D eigenvalue weighted by atomic mass is 35.5. The van der Waals surface area contributed by atoms with Crippen molar-refractivity contribution in [3.63, 3.8) is 0 Å². The van der Waals surface area contributed by atoms with Gasteiger partial charge < -0.3 is 9.84 Å². The monoisotopic (exact) mass is 467 g/mol. The fourth-order valence-electron chi connectivity index (χ4n) is 3.74. The zero-order valence-corrected chi connectivity index (χ0v) is 18.6. The Balaban J connectivity index is 1.92. The lowest BCUT2D eigenvalue weighted by Gasteiger charge is -2.26. The Kier molecular flexibility index (Phi) is 6.21. The molecule has 1 heterocycles. The SMILES string of the molecule is CCOc1ccc(N2C(=O)C(=O)C(=C(O)c3ccccc3)C2c2ccc(Cl)cc2Cl)cc1. The Morgan fingerprint density at radius 1 is 1.00 bits per heavy atom. The van der Waals surface area contributed by atoms with Crippen LogP contribution in [0.4, 0.5) is 5.69 Å². The summed E-state index contributed by atoms with van der Waals surface area (Å²) in [6.45, 7) is 2.37. The largest absolute Gasteiger partial charge is 0.507 e. The molecular weight excluding hydrogens is 449 g/mol. The summed E-state index contributed by atoms with van der Waals surface area (Å²) in [5.41, 5.74) is 1.33. The van der Waals surface area contributed by atoms with Gasteiger partial charge in [0.15, 0.2) is 0 Å². The van der Waals surface area contributed by atoms with Crippen LogP contribution in [-0.2, 0) is 9.59 Å². The number of rotatable bonds is 5. The number of amides is 1. The van der Waals surface area contributed by atoms with Gasteiger partial charge in [-0.15, -0.1) is 0 Å². The van der Waals surface area contributed by atoms with Crippen LogP contribution >= 0.6 is 23.2 Å². The second-order valence-electron chi connectivity index (χ2n) is 7.13. The number of ketones is 1. The summed E-state index contributed by atoms with van der Waals surface area (Å²) in [4.78, 5) is 27.6. The number of nitrogens with zero attached hydrogens (tertiary/aromatic N) is 1. The highest BCUT2D eigenvalue weighted by molar-refractivity contribution is 6.52. The van der Waals surface area contributed by atoms with Crippen LogP contribution in [0.1, 0.15) is 24.1 Å². The molecule has 1 unspecified atom stereocenters. The smallest absolute Gasteiger partial charge is 0.300 e. The van der Waals surface area contributed by atoms with E-state index >= 15 is 0 Å². The van der Waals surface area contributed by atoms with E-state index in [9.17, 15) is 14.7 Å². The van der Waals surface area contributed by atoms with Crippen LogP contribution in [0.15, 0.2) is 78.4 Å². The Bertz CT molecular complexity index is 1210. The number of aliphatic hydroxyl groups is 1. The average Bonchev–Trinajstić information content (AvgIpc) is 3.05. The topological polar surface area (TPSA) is 66.8 Å². The molecule has 1 atom stereocenters. The number of hydrogen-bond acceptors (Lipinski definition) is 4. The molecule has 0 aliphatic carbocycles. The highest BCUT2D eigenvalue weighted by Gasteiger charge is 2.47. The van der Waals surface area contributed by atoms with Gasteiger partial charge in [-0.1, -0.05) is 59.6 Å². The fourth-order valence-corrected chi connectivity index (χ4v) is 4.25. The fraction of sp³-hybridized carbons (Fsp3) is 0.120. The van der Waals surface area contributed by atoms with Gasteiger partial charge in [-0.05, 0) is 48.9 Å². The molecule has 1 amide bonds. The summed E-state index contributed by atoms with van der Waals surface area (Å²) in [7, 11) is 0. The summed E-state index contributed by atoms with van der Waals surface area (Å²) < 4.78 is 5.48. The van der Waals surface area contributed by atoms with E-state index in [-0.39, 0.29) is 16.4 Å². The normalized spacial score (nSPS) is 17.6. The van der Waals surface area contributed by atoms with Crippen molar-refractivity contribution in [2.24, 2.45) is 0 Å². The van der Waals surface area contributed by atoms with Crippen LogP contribution in [0.2, 0.25) is 10.0 Å². The standard InChI is InChI=1S/C25H19Cl2NO4/c1-2-32-18-11-9-17(10-12-18)28-22(19-13-8-16(26)14-20(19)27)21(24(30)25(28)31)23(29)15-6-4-3-5-7-15/h3-14,22,29H,2H2,1H3. The predicted octanol–water partition coefficient (Wildman–Crippen LogP) is 6.02. The van der Waals surface area contributed by atoms with E-state index in [2.05, 4.69) is 0 Å². The van der Waals surface area contributed by atoms with Crippen LogP contribution in [0.25, 0.3) is 5.76 Å².